The van der Waals surface area contributed by atoms with Crippen LogP contribution in [0.15, 0.2) is 72.8 Å². The molecule has 0 heterocycles. The molecule has 0 saturated heterocycles. The zero-order valence-electron chi connectivity index (χ0n) is 18.4. The first-order valence-electron chi connectivity index (χ1n) is 11.4. The second-order valence-corrected chi connectivity index (χ2v) is 8.41. The van der Waals surface area contributed by atoms with Crippen molar-refractivity contribution in [1.29, 1.82) is 0 Å². The molecule has 0 spiro atoms. The first-order valence-corrected chi connectivity index (χ1v) is 11.4. The van der Waals surface area contributed by atoms with Gasteiger partial charge in [0.1, 0.15) is 17.2 Å². The van der Waals surface area contributed by atoms with Crippen molar-refractivity contribution >= 4 is 0 Å². The van der Waals surface area contributed by atoms with Crippen LogP contribution in [0, 0.1) is 0 Å². The third-order valence-corrected chi connectivity index (χ3v) is 6.23. The highest BCUT2D eigenvalue weighted by Crippen LogP contribution is 2.41. The number of para-hydroxylation sites is 3. The lowest BCUT2D eigenvalue weighted by atomic mass is 9.79. The van der Waals surface area contributed by atoms with Crippen molar-refractivity contribution in [3.8, 4) is 17.2 Å². The lowest BCUT2D eigenvalue weighted by Crippen LogP contribution is -2.09. The second kappa shape index (κ2) is 11.5. The summed E-state index contributed by atoms with van der Waals surface area (Å²) < 4.78 is 0. The van der Waals surface area contributed by atoms with E-state index in [9.17, 15) is 15.3 Å². The number of aromatic hydroxyl groups is 3. The van der Waals surface area contributed by atoms with Crippen LogP contribution in [0.2, 0.25) is 0 Å². The first-order chi connectivity index (χ1) is 15.1. The fourth-order valence-corrected chi connectivity index (χ4v) is 4.50. The molecule has 0 fully saturated rings. The second-order valence-electron chi connectivity index (χ2n) is 8.41. The number of hydrogen-bond donors (Lipinski definition) is 3. The summed E-state index contributed by atoms with van der Waals surface area (Å²) in [7, 11) is 0. The molecule has 3 rings (SSSR count). The molecule has 0 saturated carbocycles. The summed E-state index contributed by atoms with van der Waals surface area (Å²) in [6.07, 6.45) is 6.83. The Bertz CT molecular complexity index is 950. The van der Waals surface area contributed by atoms with Crippen LogP contribution in [0.1, 0.15) is 74.0 Å². The van der Waals surface area contributed by atoms with Crippen LogP contribution in [-0.4, -0.2) is 15.3 Å². The van der Waals surface area contributed by atoms with Crippen LogP contribution in [0.5, 0.6) is 17.2 Å². The predicted molar refractivity (Wildman–Crippen MR) is 127 cm³/mol. The van der Waals surface area contributed by atoms with Gasteiger partial charge in [-0.2, -0.15) is 0 Å². The zero-order valence-corrected chi connectivity index (χ0v) is 18.4. The molecule has 3 aromatic rings. The van der Waals surface area contributed by atoms with Gasteiger partial charge < -0.3 is 15.3 Å². The van der Waals surface area contributed by atoms with Gasteiger partial charge in [-0.05, 0) is 72.4 Å². The van der Waals surface area contributed by atoms with Crippen molar-refractivity contribution in [3.63, 3.8) is 0 Å². The summed E-state index contributed by atoms with van der Waals surface area (Å²) >= 11 is 0. The van der Waals surface area contributed by atoms with E-state index in [2.05, 4.69) is 6.92 Å². The Hall–Kier alpha value is -2.94. The van der Waals surface area contributed by atoms with Crippen LogP contribution >= 0.6 is 0 Å². The van der Waals surface area contributed by atoms with Crippen molar-refractivity contribution < 1.29 is 15.3 Å². The van der Waals surface area contributed by atoms with Gasteiger partial charge >= 0.3 is 0 Å². The normalized spacial score (nSPS) is 13.1. The third kappa shape index (κ3) is 6.27. The minimum atomic E-state index is 0.118. The topological polar surface area (TPSA) is 60.7 Å². The quantitative estimate of drug-likeness (QED) is 0.287. The molecule has 2 atom stereocenters. The molecule has 3 N–H and O–H groups in total. The molecule has 2 unspecified atom stereocenters. The van der Waals surface area contributed by atoms with E-state index in [1.54, 1.807) is 18.2 Å². The van der Waals surface area contributed by atoms with Gasteiger partial charge in [0.05, 0.1) is 0 Å². The number of hydrogen-bond acceptors (Lipinski definition) is 3. The van der Waals surface area contributed by atoms with Crippen molar-refractivity contribution in [2.45, 2.75) is 63.7 Å². The Labute approximate surface area is 186 Å². The molecule has 3 aromatic carbocycles. The number of phenols is 3. The van der Waals surface area contributed by atoms with Crippen molar-refractivity contribution in [2.24, 2.45) is 0 Å². The van der Waals surface area contributed by atoms with E-state index < -0.39 is 0 Å². The van der Waals surface area contributed by atoms with Crippen LogP contribution in [0.25, 0.3) is 0 Å². The molecule has 0 radical (unpaired) electrons. The van der Waals surface area contributed by atoms with E-state index >= 15 is 0 Å². The Balaban J connectivity index is 1.87. The van der Waals surface area contributed by atoms with E-state index in [0.29, 0.717) is 17.2 Å². The van der Waals surface area contributed by atoms with E-state index in [1.165, 1.54) is 6.42 Å². The van der Waals surface area contributed by atoms with Crippen LogP contribution < -0.4 is 0 Å². The summed E-state index contributed by atoms with van der Waals surface area (Å²) in [5, 5.41) is 31.3. The fraction of sp³-hybridized carbons (Fsp3) is 0.357. The highest BCUT2D eigenvalue weighted by molar-refractivity contribution is 5.39. The van der Waals surface area contributed by atoms with Crippen molar-refractivity contribution in [3.05, 3.63) is 89.5 Å². The average Bonchev–Trinajstić information content (AvgIpc) is 2.77. The SMILES string of the molecule is CCCCCC(CC(CCc1ccccc1O)c1ccccc1O)c1ccccc1O. The lowest BCUT2D eigenvalue weighted by Gasteiger charge is -2.26. The number of benzene rings is 3. The molecular weight excluding hydrogens is 384 g/mol. The van der Waals surface area contributed by atoms with Crippen molar-refractivity contribution in [2.75, 3.05) is 0 Å². The standard InChI is InChI=1S/C28H34O3/c1-2-3-4-12-22(24-13-6-9-16-27(24)30)20-23(25-14-7-10-17-28(25)31)19-18-21-11-5-8-15-26(21)29/h5-11,13-17,22-23,29-31H,2-4,12,18-20H2,1H3. The Morgan fingerprint density at radius 1 is 0.613 bits per heavy atom. The Morgan fingerprint density at radius 3 is 1.68 bits per heavy atom. The van der Waals surface area contributed by atoms with Crippen molar-refractivity contribution in [1.82, 2.24) is 0 Å². The number of aryl methyl sites for hydroxylation is 1. The number of unbranched alkanes of at least 4 members (excludes halogenated alkanes) is 2. The molecule has 0 aliphatic rings. The molecule has 0 aliphatic carbocycles. The number of rotatable bonds is 11. The lowest BCUT2D eigenvalue weighted by molar-refractivity contribution is 0.413. The summed E-state index contributed by atoms with van der Waals surface area (Å²) in [4.78, 5) is 0. The molecule has 0 aromatic heterocycles. The highest BCUT2D eigenvalue weighted by atomic mass is 16.3. The van der Waals surface area contributed by atoms with Gasteiger partial charge in [-0.15, -0.1) is 0 Å². The summed E-state index contributed by atoms with van der Waals surface area (Å²) in [6, 6.07) is 22.7. The fourth-order valence-electron chi connectivity index (χ4n) is 4.50. The highest BCUT2D eigenvalue weighted by Gasteiger charge is 2.23. The van der Waals surface area contributed by atoms with E-state index in [4.69, 9.17) is 0 Å². The molecule has 0 amide bonds. The zero-order chi connectivity index (χ0) is 22.1. The minimum Gasteiger partial charge on any atom is -0.508 e. The van der Waals surface area contributed by atoms with E-state index in [1.807, 2.05) is 54.6 Å². The predicted octanol–water partition coefficient (Wildman–Crippen LogP) is 7.27. The van der Waals surface area contributed by atoms with Crippen LogP contribution in [0.4, 0.5) is 0 Å². The van der Waals surface area contributed by atoms with Gasteiger partial charge in [-0.1, -0.05) is 80.8 Å². The largest absolute Gasteiger partial charge is 0.508 e. The molecule has 0 aliphatic heterocycles. The number of phenolic OH excluding ortho intramolecular Hbond substituents is 3. The summed E-state index contributed by atoms with van der Waals surface area (Å²) in [5.41, 5.74) is 2.85. The van der Waals surface area contributed by atoms with E-state index in [0.717, 1.165) is 55.2 Å². The first kappa shape index (κ1) is 22.7. The van der Waals surface area contributed by atoms with Crippen LogP contribution in [0.3, 0.4) is 0 Å². The van der Waals surface area contributed by atoms with Gasteiger partial charge in [0, 0.05) is 0 Å². The molecule has 0 bridgehead atoms. The van der Waals surface area contributed by atoms with E-state index in [-0.39, 0.29) is 11.8 Å². The average molecular weight is 419 g/mol. The minimum absolute atomic E-state index is 0.118. The van der Waals surface area contributed by atoms with Crippen LogP contribution in [-0.2, 0) is 6.42 Å². The Kier molecular flexibility index (Phi) is 8.40. The van der Waals surface area contributed by atoms with Gasteiger partial charge in [-0.3, -0.25) is 0 Å². The van der Waals surface area contributed by atoms with Gasteiger partial charge in [0.15, 0.2) is 0 Å². The van der Waals surface area contributed by atoms with Gasteiger partial charge in [0.2, 0.25) is 0 Å². The third-order valence-electron chi connectivity index (χ3n) is 6.23. The molecule has 31 heavy (non-hydrogen) atoms. The smallest absolute Gasteiger partial charge is 0.119 e. The molecule has 3 nitrogen and oxygen atoms in total. The van der Waals surface area contributed by atoms with Gasteiger partial charge in [-0.25, -0.2) is 0 Å². The Morgan fingerprint density at radius 2 is 1.13 bits per heavy atom. The summed E-state index contributed by atoms with van der Waals surface area (Å²) in [5.74, 6) is 1.31. The van der Waals surface area contributed by atoms with Gasteiger partial charge in [0.25, 0.3) is 0 Å². The maximum Gasteiger partial charge on any atom is 0.119 e. The maximum absolute atomic E-state index is 10.6. The monoisotopic (exact) mass is 418 g/mol. The molecular formula is C28H34O3. The molecule has 164 valence electrons. The maximum atomic E-state index is 10.6. The summed E-state index contributed by atoms with van der Waals surface area (Å²) in [6.45, 7) is 2.20. The molecule has 3 heteroatoms.